The Kier molecular flexibility index (Phi) is 5.18. The minimum Gasteiger partial charge on any atom is -0.338 e. The second-order valence-corrected chi connectivity index (χ2v) is 7.44. The molecule has 2 aromatic heterocycles. The molecule has 4 aromatic rings. The van der Waals surface area contributed by atoms with Crippen LogP contribution in [0, 0.1) is 13.8 Å². The van der Waals surface area contributed by atoms with Gasteiger partial charge in [0.1, 0.15) is 11.5 Å². The van der Waals surface area contributed by atoms with Gasteiger partial charge in [-0.1, -0.05) is 23.7 Å². The average molecular weight is 445 g/mol. The number of amides is 1. The summed E-state index contributed by atoms with van der Waals surface area (Å²) >= 11 is 6.35. The Bertz CT molecular complexity index is 1310. The molecular formula is C22H16ClF3N4O. The van der Waals surface area contributed by atoms with Crippen LogP contribution >= 0.6 is 11.6 Å². The number of hydrogen-bond acceptors (Lipinski definition) is 3. The first kappa shape index (κ1) is 20.9. The Hall–Kier alpha value is -3.39. The van der Waals surface area contributed by atoms with Gasteiger partial charge < -0.3 is 10.3 Å². The zero-order valence-corrected chi connectivity index (χ0v) is 17.2. The molecule has 0 atom stereocenters. The molecule has 2 heterocycles. The van der Waals surface area contributed by atoms with Crippen molar-refractivity contribution in [2.45, 2.75) is 20.0 Å². The molecule has 0 radical (unpaired) electrons. The average Bonchev–Trinajstić information content (AvgIpc) is 3.14. The second-order valence-electron chi connectivity index (χ2n) is 7.03. The Labute approximate surface area is 180 Å². The molecule has 0 aliphatic rings. The summed E-state index contributed by atoms with van der Waals surface area (Å²) in [6.45, 7) is 3.31. The molecule has 0 saturated carbocycles. The van der Waals surface area contributed by atoms with Crippen molar-refractivity contribution >= 4 is 34.2 Å². The maximum atomic E-state index is 12.8. The molecular weight excluding hydrogens is 429 g/mol. The maximum Gasteiger partial charge on any atom is 0.433 e. The zero-order valence-electron chi connectivity index (χ0n) is 16.4. The van der Waals surface area contributed by atoms with Crippen molar-refractivity contribution in [3.8, 4) is 11.4 Å². The number of aromatic nitrogens is 3. The van der Waals surface area contributed by atoms with Gasteiger partial charge in [-0.3, -0.25) is 4.79 Å². The number of para-hydroxylation sites is 1. The Balaban J connectivity index is 1.64. The topological polar surface area (TPSA) is 70.7 Å². The van der Waals surface area contributed by atoms with E-state index in [4.69, 9.17) is 11.6 Å². The van der Waals surface area contributed by atoms with Crippen LogP contribution in [0.15, 0.2) is 48.5 Å². The van der Waals surface area contributed by atoms with Crippen molar-refractivity contribution in [3.05, 3.63) is 76.1 Å². The third-order valence-corrected chi connectivity index (χ3v) is 5.14. The van der Waals surface area contributed by atoms with Crippen molar-refractivity contribution in [1.82, 2.24) is 15.0 Å². The molecule has 0 bridgehead atoms. The fraction of sp³-hybridized carbons (Fsp3) is 0.136. The first-order chi connectivity index (χ1) is 14.6. The van der Waals surface area contributed by atoms with E-state index in [1.807, 2.05) is 25.1 Å². The van der Waals surface area contributed by atoms with Gasteiger partial charge in [0.25, 0.3) is 5.91 Å². The summed E-state index contributed by atoms with van der Waals surface area (Å²) in [6.07, 6.45) is -4.57. The van der Waals surface area contributed by atoms with E-state index in [0.717, 1.165) is 28.7 Å². The standard InChI is InChI=1S/C22H16ClF3N4O/c1-11-4-3-5-17-19(11)30-20(29-17)15-10-13(6-8-16(15)23)28-21(31)14-7-9-18(22(24,25)26)27-12(14)2/h3-10H,1-2H3,(H,28,31)(H,29,30). The molecule has 2 aromatic carbocycles. The van der Waals surface area contributed by atoms with Gasteiger partial charge in [0, 0.05) is 11.3 Å². The number of rotatable bonds is 3. The number of pyridine rings is 1. The van der Waals surface area contributed by atoms with Gasteiger partial charge in [0.2, 0.25) is 0 Å². The van der Waals surface area contributed by atoms with Gasteiger partial charge >= 0.3 is 6.18 Å². The minimum absolute atomic E-state index is 0.0192. The van der Waals surface area contributed by atoms with Crippen molar-refractivity contribution in [3.63, 3.8) is 0 Å². The van der Waals surface area contributed by atoms with Crippen LogP contribution < -0.4 is 5.32 Å². The number of fused-ring (bicyclic) bond motifs is 1. The lowest BCUT2D eigenvalue weighted by Gasteiger charge is -2.11. The molecule has 4 rings (SSSR count). The van der Waals surface area contributed by atoms with Crippen molar-refractivity contribution in [1.29, 1.82) is 0 Å². The maximum absolute atomic E-state index is 12.8. The normalized spacial score (nSPS) is 11.7. The van der Waals surface area contributed by atoms with Crippen molar-refractivity contribution in [2.75, 3.05) is 5.32 Å². The highest BCUT2D eigenvalue weighted by atomic mass is 35.5. The van der Waals surface area contributed by atoms with E-state index >= 15 is 0 Å². The number of aryl methyl sites for hydroxylation is 2. The number of halogens is 4. The number of hydrogen-bond donors (Lipinski definition) is 2. The summed E-state index contributed by atoms with van der Waals surface area (Å²) in [5.74, 6) is -0.0368. The van der Waals surface area contributed by atoms with Gasteiger partial charge in [-0.05, 0) is 55.8 Å². The smallest absolute Gasteiger partial charge is 0.338 e. The van der Waals surface area contributed by atoms with Gasteiger partial charge in [-0.25, -0.2) is 9.97 Å². The van der Waals surface area contributed by atoms with Crippen LogP contribution in [0.25, 0.3) is 22.4 Å². The van der Waals surface area contributed by atoms with Crippen LogP contribution in [-0.4, -0.2) is 20.9 Å². The highest BCUT2D eigenvalue weighted by molar-refractivity contribution is 6.33. The van der Waals surface area contributed by atoms with E-state index in [2.05, 4.69) is 20.3 Å². The molecule has 5 nitrogen and oxygen atoms in total. The fourth-order valence-electron chi connectivity index (χ4n) is 3.24. The highest BCUT2D eigenvalue weighted by Gasteiger charge is 2.33. The van der Waals surface area contributed by atoms with E-state index in [9.17, 15) is 18.0 Å². The third kappa shape index (κ3) is 4.11. The van der Waals surface area contributed by atoms with Gasteiger partial charge in [0.05, 0.1) is 27.3 Å². The van der Waals surface area contributed by atoms with E-state index in [1.54, 1.807) is 18.2 Å². The summed E-state index contributed by atoms with van der Waals surface area (Å²) < 4.78 is 38.4. The first-order valence-corrected chi connectivity index (χ1v) is 9.63. The van der Waals surface area contributed by atoms with Gasteiger partial charge in [-0.2, -0.15) is 13.2 Å². The molecule has 0 aliphatic carbocycles. The SMILES string of the molecule is Cc1nc(C(F)(F)F)ccc1C(=O)Nc1ccc(Cl)c(-c2nc3c(C)cccc3[nH]2)c1. The predicted molar refractivity (Wildman–Crippen MR) is 113 cm³/mol. The molecule has 0 fully saturated rings. The quantitative estimate of drug-likeness (QED) is 0.397. The number of alkyl halides is 3. The molecule has 9 heteroatoms. The lowest BCUT2D eigenvalue weighted by atomic mass is 10.1. The summed E-state index contributed by atoms with van der Waals surface area (Å²) in [6, 6.07) is 12.5. The van der Waals surface area contributed by atoms with Crippen LogP contribution in [0.5, 0.6) is 0 Å². The second kappa shape index (κ2) is 7.70. The molecule has 158 valence electrons. The highest BCUT2D eigenvalue weighted by Crippen LogP contribution is 2.32. The van der Waals surface area contributed by atoms with E-state index in [1.165, 1.54) is 6.92 Å². The van der Waals surface area contributed by atoms with Crippen molar-refractivity contribution < 1.29 is 18.0 Å². The summed E-state index contributed by atoms with van der Waals surface area (Å²) in [7, 11) is 0. The summed E-state index contributed by atoms with van der Waals surface area (Å²) in [5, 5.41) is 3.11. The third-order valence-electron chi connectivity index (χ3n) is 4.81. The predicted octanol–water partition coefficient (Wildman–Crippen LogP) is 6.17. The molecule has 0 aliphatic heterocycles. The molecule has 0 unspecified atom stereocenters. The van der Waals surface area contributed by atoms with Crippen LogP contribution in [-0.2, 0) is 6.18 Å². The number of nitrogens with one attached hydrogen (secondary N) is 2. The number of nitrogens with zero attached hydrogens (tertiary/aromatic N) is 2. The van der Waals surface area contributed by atoms with Crippen LogP contribution in [0.4, 0.5) is 18.9 Å². The number of imidazole rings is 1. The fourth-order valence-corrected chi connectivity index (χ4v) is 3.45. The number of H-pyrrole nitrogens is 1. The molecule has 31 heavy (non-hydrogen) atoms. The van der Waals surface area contributed by atoms with Crippen molar-refractivity contribution in [2.24, 2.45) is 0 Å². The monoisotopic (exact) mass is 444 g/mol. The zero-order chi connectivity index (χ0) is 22.3. The Morgan fingerprint density at radius 2 is 1.84 bits per heavy atom. The summed E-state index contributed by atoms with van der Waals surface area (Å²) in [4.78, 5) is 23.9. The van der Waals surface area contributed by atoms with E-state index in [0.29, 0.717) is 22.1 Å². The molecule has 0 saturated heterocycles. The minimum atomic E-state index is -4.57. The lowest BCUT2D eigenvalue weighted by molar-refractivity contribution is -0.141. The Morgan fingerprint density at radius 1 is 1.06 bits per heavy atom. The lowest BCUT2D eigenvalue weighted by Crippen LogP contribution is -2.16. The van der Waals surface area contributed by atoms with Gasteiger partial charge in [-0.15, -0.1) is 0 Å². The van der Waals surface area contributed by atoms with E-state index in [-0.39, 0.29) is 11.3 Å². The number of aromatic amines is 1. The number of carbonyl (C=O) groups excluding carboxylic acids is 1. The molecule has 2 N–H and O–H groups in total. The van der Waals surface area contributed by atoms with Crippen LogP contribution in [0.2, 0.25) is 5.02 Å². The van der Waals surface area contributed by atoms with Crippen LogP contribution in [0.1, 0.15) is 27.3 Å². The van der Waals surface area contributed by atoms with Gasteiger partial charge in [0.15, 0.2) is 0 Å². The Morgan fingerprint density at radius 3 is 2.52 bits per heavy atom. The first-order valence-electron chi connectivity index (χ1n) is 9.25. The van der Waals surface area contributed by atoms with E-state index < -0.39 is 17.8 Å². The number of carbonyl (C=O) groups is 1. The molecule has 1 amide bonds. The summed E-state index contributed by atoms with van der Waals surface area (Å²) in [5.41, 5.74) is 2.65. The number of anilines is 1. The van der Waals surface area contributed by atoms with Crippen LogP contribution in [0.3, 0.4) is 0 Å². The molecule has 0 spiro atoms. The largest absolute Gasteiger partial charge is 0.433 e. The number of benzene rings is 2.